The van der Waals surface area contributed by atoms with Gasteiger partial charge in [0, 0.05) is 38.9 Å². The number of benzene rings is 2. The number of aryl methyl sites for hydroxylation is 2. The lowest BCUT2D eigenvalue weighted by atomic mass is 10.1. The van der Waals surface area contributed by atoms with Gasteiger partial charge in [-0.2, -0.15) is 5.10 Å². The molecular formula is C27H35N3O3. The molecule has 3 aromatic rings. The normalized spacial score (nSPS) is 14.6. The van der Waals surface area contributed by atoms with Gasteiger partial charge in [0.25, 0.3) is 0 Å². The number of aliphatic hydroxyl groups excluding tert-OH is 1. The highest BCUT2D eigenvalue weighted by Crippen LogP contribution is 2.36. The highest BCUT2D eigenvalue weighted by Gasteiger charge is 2.28. The molecular weight excluding hydrogens is 414 g/mol. The summed E-state index contributed by atoms with van der Waals surface area (Å²) in [5.41, 5.74) is 4.16. The largest absolute Gasteiger partial charge is 0.439 e. The Labute approximate surface area is 196 Å². The first-order valence-corrected chi connectivity index (χ1v) is 11.9. The molecule has 6 heteroatoms. The maximum Gasteiger partial charge on any atom is 0.222 e. The van der Waals surface area contributed by atoms with Crippen LogP contribution in [0.1, 0.15) is 30.9 Å². The lowest BCUT2D eigenvalue weighted by Gasteiger charge is -2.25. The zero-order valence-electron chi connectivity index (χ0n) is 19.9. The van der Waals surface area contributed by atoms with Crippen molar-refractivity contribution in [3.8, 4) is 22.9 Å². The van der Waals surface area contributed by atoms with Crippen molar-refractivity contribution in [2.75, 3.05) is 26.3 Å². The second kappa shape index (κ2) is 11.0. The van der Waals surface area contributed by atoms with E-state index in [2.05, 4.69) is 30.0 Å². The Bertz CT molecular complexity index is 1030. The molecule has 6 nitrogen and oxygen atoms in total. The van der Waals surface area contributed by atoms with Gasteiger partial charge >= 0.3 is 0 Å². The number of aromatic nitrogens is 2. The first-order valence-electron chi connectivity index (χ1n) is 11.9. The van der Waals surface area contributed by atoms with Gasteiger partial charge in [0.1, 0.15) is 11.4 Å². The Hall–Kier alpha value is -2.67. The van der Waals surface area contributed by atoms with Crippen LogP contribution >= 0.6 is 0 Å². The number of nitrogens with zero attached hydrogens (tertiary/aromatic N) is 3. The molecule has 2 aromatic carbocycles. The highest BCUT2D eigenvalue weighted by atomic mass is 16.5. The third-order valence-corrected chi connectivity index (χ3v) is 5.92. The fourth-order valence-electron chi connectivity index (χ4n) is 4.14. The van der Waals surface area contributed by atoms with Crippen LogP contribution in [0.2, 0.25) is 0 Å². The van der Waals surface area contributed by atoms with E-state index in [9.17, 15) is 5.11 Å². The molecule has 4 rings (SSSR count). The molecule has 0 spiro atoms. The molecule has 1 fully saturated rings. The standard InChI is InChI=1S/C27H35N3O3/c1-4-32-19-23(31)17-30(16-21-13-14-21)18-25-26(22-10-6-5-7-11-22)28-29(3)27(25)33-24-12-8-9-20(2)15-24/h5-12,15,21,23,31H,4,13-14,16-19H2,1-3H3/t23-/m1/s1. The number of rotatable bonds is 12. The smallest absolute Gasteiger partial charge is 0.222 e. The molecule has 1 aliphatic rings. The van der Waals surface area contributed by atoms with Crippen LogP contribution < -0.4 is 4.74 Å². The SMILES string of the molecule is CCOC[C@H](O)CN(Cc1c(-c2ccccc2)nn(C)c1Oc1cccc(C)c1)CC1CC1. The molecule has 1 N–H and O–H groups in total. The molecule has 176 valence electrons. The lowest BCUT2D eigenvalue weighted by molar-refractivity contribution is 0.0186. The molecule has 33 heavy (non-hydrogen) atoms. The van der Waals surface area contributed by atoms with Crippen molar-refractivity contribution in [3.63, 3.8) is 0 Å². The van der Waals surface area contributed by atoms with E-state index >= 15 is 0 Å². The number of ether oxygens (including phenoxy) is 2. The van der Waals surface area contributed by atoms with Crippen molar-refractivity contribution in [1.29, 1.82) is 0 Å². The van der Waals surface area contributed by atoms with E-state index < -0.39 is 6.10 Å². The zero-order valence-corrected chi connectivity index (χ0v) is 19.9. The Morgan fingerprint density at radius 3 is 2.64 bits per heavy atom. The first kappa shape index (κ1) is 23.5. The Morgan fingerprint density at radius 2 is 1.94 bits per heavy atom. The molecule has 1 atom stereocenters. The van der Waals surface area contributed by atoms with Gasteiger partial charge in [-0.25, -0.2) is 4.68 Å². The molecule has 1 aliphatic carbocycles. The van der Waals surface area contributed by atoms with Gasteiger partial charge < -0.3 is 14.6 Å². The van der Waals surface area contributed by atoms with Crippen molar-refractivity contribution < 1.29 is 14.6 Å². The van der Waals surface area contributed by atoms with E-state index in [0.717, 1.165) is 40.6 Å². The molecule has 0 saturated heterocycles. The topological polar surface area (TPSA) is 59.8 Å². The van der Waals surface area contributed by atoms with Crippen molar-refractivity contribution in [1.82, 2.24) is 14.7 Å². The van der Waals surface area contributed by atoms with E-state index in [-0.39, 0.29) is 0 Å². The summed E-state index contributed by atoms with van der Waals surface area (Å²) in [7, 11) is 1.93. The Kier molecular flexibility index (Phi) is 7.81. The number of hydrogen-bond acceptors (Lipinski definition) is 5. The average molecular weight is 450 g/mol. The maximum absolute atomic E-state index is 10.6. The maximum atomic E-state index is 10.6. The van der Waals surface area contributed by atoms with Crippen molar-refractivity contribution >= 4 is 0 Å². The van der Waals surface area contributed by atoms with Crippen LogP contribution in [-0.4, -0.2) is 52.2 Å². The Balaban J connectivity index is 1.66. The lowest BCUT2D eigenvalue weighted by Crippen LogP contribution is -2.36. The minimum Gasteiger partial charge on any atom is -0.439 e. The van der Waals surface area contributed by atoms with Crippen LogP contribution in [0.4, 0.5) is 0 Å². The summed E-state index contributed by atoms with van der Waals surface area (Å²) < 4.78 is 13.7. The minimum atomic E-state index is -0.526. The van der Waals surface area contributed by atoms with Gasteiger partial charge in [0.05, 0.1) is 18.3 Å². The average Bonchev–Trinajstić information content (AvgIpc) is 3.57. The van der Waals surface area contributed by atoms with Gasteiger partial charge in [0.15, 0.2) is 0 Å². The van der Waals surface area contributed by atoms with Crippen LogP contribution in [0.25, 0.3) is 11.3 Å². The molecule has 1 aromatic heterocycles. The van der Waals surface area contributed by atoms with Crippen molar-refractivity contribution in [2.45, 2.75) is 39.3 Å². The summed E-state index contributed by atoms with van der Waals surface area (Å²) in [6.07, 6.45) is 1.98. The highest BCUT2D eigenvalue weighted by molar-refractivity contribution is 5.65. The van der Waals surface area contributed by atoms with E-state index in [1.165, 1.54) is 12.8 Å². The molecule has 0 unspecified atom stereocenters. The third-order valence-electron chi connectivity index (χ3n) is 5.92. The summed E-state index contributed by atoms with van der Waals surface area (Å²) in [6.45, 7) is 7.13. The fraction of sp³-hybridized carbons (Fsp3) is 0.444. The van der Waals surface area contributed by atoms with E-state index in [1.54, 1.807) is 0 Å². The van der Waals surface area contributed by atoms with Crippen LogP contribution in [0.15, 0.2) is 54.6 Å². The fourth-order valence-corrected chi connectivity index (χ4v) is 4.14. The number of hydrogen-bond donors (Lipinski definition) is 1. The summed E-state index contributed by atoms with van der Waals surface area (Å²) in [4.78, 5) is 2.33. The molecule has 0 amide bonds. The van der Waals surface area contributed by atoms with Gasteiger partial charge in [-0.1, -0.05) is 42.5 Å². The molecule has 0 bridgehead atoms. The molecule has 1 saturated carbocycles. The monoisotopic (exact) mass is 449 g/mol. The van der Waals surface area contributed by atoms with Crippen LogP contribution in [0.5, 0.6) is 11.6 Å². The second-order valence-electron chi connectivity index (χ2n) is 8.99. The van der Waals surface area contributed by atoms with Crippen LogP contribution in [0.3, 0.4) is 0 Å². The van der Waals surface area contributed by atoms with Crippen molar-refractivity contribution in [3.05, 3.63) is 65.7 Å². The van der Waals surface area contributed by atoms with Gasteiger partial charge in [0.2, 0.25) is 5.88 Å². The Morgan fingerprint density at radius 1 is 1.15 bits per heavy atom. The van der Waals surface area contributed by atoms with Crippen LogP contribution in [-0.2, 0) is 18.3 Å². The predicted molar refractivity (Wildman–Crippen MR) is 130 cm³/mol. The summed E-state index contributed by atoms with van der Waals surface area (Å²) >= 11 is 0. The summed E-state index contributed by atoms with van der Waals surface area (Å²) in [5, 5.41) is 15.4. The molecule has 0 aliphatic heterocycles. The number of aliphatic hydroxyl groups is 1. The van der Waals surface area contributed by atoms with Crippen molar-refractivity contribution in [2.24, 2.45) is 13.0 Å². The molecule has 0 radical (unpaired) electrons. The van der Waals surface area contributed by atoms with Gasteiger partial charge in [-0.05, 0) is 50.3 Å². The minimum absolute atomic E-state index is 0.350. The first-order chi connectivity index (χ1) is 16.0. The predicted octanol–water partition coefficient (Wildman–Crippen LogP) is 4.80. The third kappa shape index (κ3) is 6.44. The van der Waals surface area contributed by atoms with E-state index in [1.807, 2.05) is 55.1 Å². The quantitative estimate of drug-likeness (QED) is 0.431. The zero-order chi connectivity index (χ0) is 23.2. The van der Waals surface area contributed by atoms with Crippen LogP contribution in [0, 0.1) is 12.8 Å². The second-order valence-corrected chi connectivity index (χ2v) is 8.99. The summed E-state index contributed by atoms with van der Waals surface area (Å²) in [5.74, 6) is 2.23. The molecule has 1 heterocycles. The van der Waals surface area contributed by atoms with Gasteiger partial charge in [-0.3, -0.25) is 4.90 Å². The van der Waals surface area contributed by atoms with Gasteiger partial charge in [-0.15, -0.1) is 0 Å². The van der Waals surface area contributed by atoms with E-state index in [4.69, 9.17) is 14.6 Å². The van der Waals surface area contributed by atoms with E-state index in [0.29, 0.717) is 32.2 Å². The summed E-state index contributed by atoms with van der Waals surface area (Å²) in [6, 6.07) is 18.3.